The van der Waals surface area contributed by atoms with Gasteiger partial charge < -0.3 is 14.4 Å². The molecular weight excluding hydrogens is 410 g/mol. The molecule has 5 rings (SSSR count). The molecule has 0 bridgehead atoms. The van der Waals surface area contributed by atoms with E-state index in [1.165, 1.54) is 22.5 Å². The maximum absolute atomic E-state index is 13.4. The fourth-order valence-electron chi connectivity index (χ4n) is 4.43. The predicted octanol–water partition coefficient (Wildman–Crippen LogP) is 3.65. The predicted molar refractivity (Wildman–Crippen MR) is 121 cm³/mol. The summed E-state index contributed by atoms with van der Waals surface area (Å²) in [5.74, 6) is 0.0701. The van der Waals surface area contributed by atoms with Crippen molar-refractivity contribution in [3.63, 3.8) is 0 Å². The number of aryl methyl sites for hydroxylation is 1. The number of carbonyl (C=O) groups is 1. The Morgan fingerprint density at radius 2 is 2.03 bits per heavy atom. The zero-order chi connectivity index (χ0) is 21.2. The Hall–Kier alpha value is -2.32. The van der Waals surface area contributed by atoms with Crippen LogP contribution in [0.1, 0.15) is 32.5 Å². The van der Waals surface area contributed by atoms with Crippen LogP contribution < -0.4 is 0 Å². The second-order valence-corrected chi connectivity index (χ2v) is 9.19. The van der Waals surface area contributed by atoms with Gasteiger partial charge in [-0.2, -0.15) is 0 Å². The Bertz CT molecular complexity index is 1080. The number of hydrogen-bond acceptors (Lipinski definition) is 6. The van der Waals surface area contributed by atoms with Gasteiger partial charge in [0.2, 0.25) is 0 Å². The molecule has 1 amide bonds. The van der Waals surface area contributed by atoms with Crippen LogP contribution in [0.2, 0.25) is 0 Å². The monoisotopic (exact) mass is 437 g/mol. The number of hydrogen-bond donors (Lipinski definition) is 0. The van der Waals surface area contributed by atoms with E-state index in [1.807, 2.05) is 11.0 Å². The molecule has 2 aliphatic heterocycles. The second kappa shape index (κ2) is 9.04. The molecule has 0 N–H and O–H groups in total. The third kappa shape index (κ3) is 4.36. The quantitative estimate of drug-likeness (QED) is 0.624. The number of aromatic nitrogens is 1. The number of fused-ring (bicyclic) bond motifs is 1. The van der Waals surface area contributed by atoms with Crippen LogP contribution >= 0.6 is 11.3 Å². The van der Waals surface area contributed by atoms with Gasteiger partial charge in [-0.1, -0.05) is 35.9 Å². The number of amides is 1. The largest absolute Gasteiger partial charge is 0.378 e. The first-order valence-electron chi connectivity index (χ1n) is 10.8. The number of nitrogens with zero attached hydrogens (tertiary/aromatic N) is 3. The molecule has 0 aliphatic carbocycles. The molecule has 2 fully saturated rings. The van der Waals surface area contributed by atoms with E-state index < -0.39 is 0 Å². The van der Waals surface area contributed by atoms with Crippen molar-refractivity contribution in [2.45, 2.75) is 19.6 Å². The minimum atomic E-state index is -0.142. The summed E-state index contributed by atoms with van der Waals surface area (Å²) in [6.07, 6.45) is 1.65. The average Bonchev–Trinajstić information content (AvgIpc) is 3.19. The van der Waals surface area contributed by atoms with E-state index in [4.69, 9.17) is 9.47 Å². The lowest BCUT2D eigenvalue weighted by atomic mass is 10.0. The smallest absolute Gasteiger partial charge is 0.264 e. The number of rotatable bonds is 4. The second-order valence-electron chi connectivity index (χ2n) is 8.19. The summed E-state index contributed by atoms with van der Waals surface area (Å²) in [6, 6.07) is 12.7. The lowest BCUT2D eigenvalue weighted by Crippen LogP contribution is -2.41. The van der Waals surface area contributed by atoms with Crippen molar-refractivity contribution in [1.29, 1.82) is 0 Å². The van der Waals surface area contributed by atoms with Crippen LogP contribution in [-0.2, 0) is 16.0 Å². The van der Waals surface area contributed by atoms with E-state index in [1.54, 1.807) is 6.20 Å². The van der Waals surface area contributed by atoms with Crippen molar-refractivity contribution in [1.82, 2.24) is 14.8 Å². The first-order valence-corrected chi connectivity index (χ1v) is 11.6. The molecule has 4 heterocycles. The topological polar surface area (TPSA) is 54.9 Å². The van der Waals surface area contributed by atoms with Gasteiger partial charge in [0, 0.05) is 49.9 Å². The van der Waals surface area contributed by atoms with Crippen molar-refractivity contribution in [2.24, 2.45) is 0 Å². The van der Waals surface area contributed by atoms with Gasteiger partial charge >= 0.3 is 0 Å². The standard InChI is InChI=1S/C24H27N3O3S/c1-17-4-2-5-18(14-17)15-26-8-13-30-20(16-26)21-19-6-3-7-25-23(19)31-22(21)24(28)27-9-11-29-12-10-27/h2-7,14,20H,8-13,15-16H2,1H3. The number of carbonyl (C=O) groups excluding carboxylic acids is 1. The minimum Gasteiger partial charge on any atom is -0.378 e. The van der Waals surface area contributed by atoms with Crippen LogP contribution in [0, 0.1) is 6.92 Å². The molecule has 2 aliphatic rings. The Morgan fingerprint density at radius 3 is 2.87 bits per heavy atom. The van der Waals surface area contributed by atoms with Crippen molar-refractivity contribution in [2.75, 3.05) is 46.0 Å². The number of benzene rings is 1. The molecule has 31 heavy (non-hydrogen) atoms. The Kier molecular flexibility index (Phi) is 6.00. The Labute approximate surface area is 186 Å². The van der Waals surface area contributed by atoms with E-state index >= 15 is 0 Å². The summed E-state index contributed by atoms with van der Waals surface area (Å²) >= 11 is 1.48. The van der Waals surface area contributed by atoms with Crippen LogP contribution in [0.3, 0.4) is 0 Å². The molecule has 1 aromatic carbocycles. The van der Waals surface area contributed by atoms with Gasteiger partial charge in [0.25, 0.3) is 5.91 Å². The summed E-state index contributed by atoms with van der Waals surface area (Å²) in [7, 11) is 0. The zero-order valence-electron chi connectivity index (χ0n) is 17.8. The third-order valence-electron chi connectivity index (χ3n) is 5.96. The van der Waals surface area contributed by atoms with E-state index in [2.05, 4.69) is 47.1 Å². The molecule has 3 aromatic rings. The third-order valence-corrected chi connectivity index (χ3v) is 7.08. The molecule has 0 saturated carbocycles. The van der Waals surface area contributed by atoms with Crippen LogP contribution in [0.25, 0.3) is 10.2 Å². The molecule has 0 radical (unpaired) electrons. The van der Waals surface area contributed by atoms with Gasteiger partial charge in [0.15, 0.2) is 0 Å². The first kappa shape index (κ1) is 20.6. The van der Waals surface area contributed by atoms with Gasteiger partial charge in [-0.3, -0.25) is 9.69 Å². The number of morpholine rings is 2. The van der Waals surface area contributed by atoms with Gasteiger partial charge in [0.1, 0.15) is 9.71 Å². The van der Waals surface area contributed by atoms with E-state index in [0.29, 0.717) is 32.9 Å². The highest BCUT2D eigenvalue weighted by atomic mass is 32.1. The van der Waals surface area contributed by atoms with Crippen molar-refractivity contribution in [3.8, 4) is 0 Å². The van der Waals surface area contributed by atoms with Crippen LogP contribution in [0.5, 0.6) is 0 Å². The van der Waals surface area contributed by atoms with Crippen LogP contribution in [0.15, 0.2) is 42.6 Å². The molecule has 162 valence electrons. The molecule has 1 unspecified atom stereocenters. The summed E-state index contributed by atoms with van der Waals surface area (Å²) in [4.78, 5) is 23.9. The normalized spacial score (nSPS) is 20.3. The SMILES string of the molecule is Cc1cccc(CN2CCOC(c3c(C(=O)N4CCOCC4)sc4ncccc34)C2)c1. The van der Waals surface area contributed by atoms with Gasteiger partial charge in [-0.15, -0.1) is 11.3 Å². The molecule has 7 heteroatoms. The Morgan fingerprint density at radius 1 is 1.16 bits per heavy atom. The molecule has 6 nitrogen and oxygen atoms in total. The molecule has 2 aromatic heterocycles. The highest BCUT2D eigenvalue weighted by Gasteiger charge is 2.32. The number of thiophene rings is 1. The molecule has 0 spiro atoms. The fourth-order valence-corrected chi connectivity index (χ4v) is 5.59. The van der Waals surface area contributed by atoms with Gasteiger partial charge in [-0.05, 0) is 18.6 Å². The van der Waals surface area contributed by atoms with E-state index in [9.17, 15) is 4.79 Å². The van der Waals surface area contributed by atoms with Crippen LogP contribution in [-0.4, -0.2) is 66.7 Å². The van der Waals surface area contributed by atoms with Crippen LogP contribution in [0.4, 0.5) is 0 Å². The minimum absolute atomic E-state index is 0.0701. The average molecular weight is 438 g/mol. The van der Waals surface area contributed by atoms with Crippen molar-refractivity contribution in [3.05, 3.63) is 64.2 Å². The maximum atomic E-state index is 13.4. The Balaban J connectivity index is 1.44. The lowest BCUT2D eigenvalue weighted by Gasteiger charge is -2.34. The fraction of sp³-hybridized carbons (Fsp3) is 0.417. The van der Waals surface area contributed by atoms with E-state index in [-0.39, 0.29) is 12.0 Å². The number of ether oxygens (including phenoxy) is 2. The summed E-state index contributed by atoms with van der Waals surface area (Å²) < 4.78 is 11.7. The first-order chi connectivity index (χ1) is 15.2. The number of pyridine rings is 1. The molecular formula is C24H27N3O3S. The zero-order valence-corrected chi connectivity index (χ0v) is 18.6. The molecule has 1 atom stereocenters. The van der Waals surface area contributed by atoms with Gasteiger partial charge in [0.05, 0.1) is 25.9 Å². The van der Waals surface area contributed by atoms with E-state index in [0.717, 1.165) is 40.3 Å². The molecule has 2 saturated heterocycles. The summed E-state index contributed by atoms with van der Waals surface area (Å²) in [5.41, 5.74) is 3.58. The maximum Gasteiger partial charge on any atom is 0.264 e. The van der Waals surface area contributed by atoms with Crippen molar-refractivity contribution >= 4 is 27.5 Å². The summed E-state index contributed by atoms with van der Waals surface area (Å²) in [6.45, 7) is 7.75. The highest BCUT2D eigenvalue weighted by molar-refractivity contribution is 7.20. The highest BCUT2D eigenvalue weighted by Crippen LogP contribution is 2.38. The lowest BCUT2D eigenvalue weighted by molar-refractivity contribution is -0.0325. The van der Waals surface area contributed by atoms with Crippen molar-refractivity contribution < 1.29 is 14.3 Å². The van der Waals surface area contributed by atoms with Gasteiger partial charge in [-0.25, -0.2) is 4.98 Å². The summed E-state index contributed by atoms with van der Waals surface area (Å²) in [5, 5.41) is 1.03.